The predicted molar refractivity (Wildman–Crippen MR) is 75.8 cm³/mol. The molecule has 106 valence electrons. The summed E-state index contributed by atoms with van der Waals surface area (Å²) >= 11 is 0. The van der Waals surface area contributed by atoms with Crippen LogP contribution in [0.25, 0.3) is 0 Å². The lowest BCUT2D eigenvalue weighted by Crippen LogP contribution is -2.37. The third-order valence-electron chi connectivity index (χ3n) is 4.81. The van der Waals surface area contributed by atoms with E-state index < -0.39 is 0 Å². The van der Waals surface area contributed by atoms with E-state index in [4.69, 9.17) is 5.26 Å². The second-order valence-electron chi connectivity index (χ2n) is 6.40. The van der Waals surface area contributed by atoms with Crippen LogP contribution in [-0.4, -0.2) is 60.6 Å². The molecule has 2 aliphatic heterocycles. The first kappa shape index (κ1) is 13.4. The Morgan fingerprint density at radius 1 is 1.16 bits per heavy atom. The van der Waals surface area contributed by atoms with E-state index >= 15 is 0 Å². The molecule has 0 aromatic heterocycles. The smallest absolute Gasteiger partial charge is 0.0967 e. The number of nitrogens with one attached hydrogen (secondary N) is 1. The quantitative estimate of drug-likeness (QED) is 0.781. The highest BCUT2D eigenvalue weighted by molar-refractivity contribution is 4.96. The Hall–Kier alpha value is -0.630. The van der Waals surface area contributed by atoms with Gasteiger partial charge in [-0.25, -0.2) is 0 Å². The summed E-state index contributed by atoms with van der Waals surface area (Å²) in [4.78, 5) is 5.23. The van der Waals surface area contributed by atoms with Gasteiger partial charge in [0.15, 0.2) is 0 Å². The predicted octanol–water partition coefficient (Wildman–Crippen LogP) is 1.19. The van der Waals surface area contributed by atoms with Gasteiger partial charge in [-0.2, -0.15) is 5.26 Å². The van der Waals surface area contributed by atoms with Crippen LogP contribution in [0.15, 0.2) is 0 Å². The van der Waals surface area contributed by atoms with Crippen molar-refractivity contribution in [2.75, 3.05) is 32.7 Å². The lowest BCUT2D eigenvalue weighted by Gasteiger charge is -2.24. The number of likely N-dealkylation sites (tertiary alicyclic amines) is 2. The molecule has 3 rings (SSSR count). The average molecular weight is 262 g/mol. The Morgan fingerprint density at radius 2 is 1.95 bits per heavy atom. The van der Waals surface area contributed by atoms with E-state index in [-0.39, 0.29) is 6.04 Å². The van der Waals surface area contributed by atoms with Gasteiger partial charge in [0, 0.05) is 25.2 Å². The SMILES string of the molecule is N#CC(CCN1CCC(N2CCCC2)C1)NC1CC1. The summed E-state index contributed by atoms with van der Waals surface area (Å²) in [6, 6.07) is 3.91. The Morgan fingerprint density at radius 3 is 2.63 bits per heavy atom. The molecule has 1 N–H and O–H groups in total. The van der Waals surface area contributed by atoms with Crippen LogP contribution in [-0.2, 0) is 0 Å². The largest absolute Gasteiger partial charge is 0.302 e. The highest BCUT2D eigenvalue weighted by Crippen LogP contribution is 2.22. The van der Waals surface area contributed by atoms with Gasteiger partial charge in [0.25, 0.3) is 0 Å². The van der Waals surface area contributed by atoms with Crippen molar-refractivity contribution in [2.45, 2.75) is 56.7 Å². The average Bonchev–Trinajstić information content (AvgIpc) is 2.94. The summed E-state index contributed by atoms with van der Waals surface area (Å²) < 4.78 is 0. The monoisotopic (exact) mass is 262 g/mol. The first-order chi connectivity index (χ1) is 9.35. The molecule has 0 radical (unpaired) electrons. The molecule has 0 aromatic rings. The molecule has 3 aliphatic rings. The standard InChI is InChI=1S/C15H26N4/c16-11-14(17-13-3-4-13)5-9-18-10-6-15(12-18)19-7-1-2-8-19/h13-15,17H,1-10,12H2. The number of rotatable bonds is 6. The summed E-state index contributed by atoms with van der Waals surface area (Å²) in [6.07, 6.45) is 7.61. The Kier molecular flexibility index (Phi) is 4.37. The highest BCUT2D eigenvalue weighted by atomic mass is 15.3. The summed E-state index contributed by atoms with van der Waals surface area (Å²) in [7, 11) is 0. The van der Waals surface area contributed by atoms with Crippen LogP contribution in [0, 0.1) is 11.3 Å². The Labute approximate surface area is 116 Å². The van der Waals surface area contributed by atoms with Gasteiger partial charge in [0.05, 0.1) is 12.1 Å². The summed E-state index contributed by atoms with van der Waals surface area (Å²) in [5.41, 5.74) is 0. The molecule has 0 spiro atoms. The van der Waals surface area contributed by atoms with Gasteiger partial charge >= 0.3 is 0 Å². The molecular formula is C15H26N4. The summed E-state index contributed by atoms with van der Waals surface area (Å²) in [5, 5.41) is 12.6. The molecule has 0 amide bonds. The van der Waals surface area contributed by atoms with Gasteiger partial charge in [0.2, 0.25) is 0 Å². The zero-order chi connectivity index (χ0) is 13.1. The fraction of sp³-hybridized carbons (Fsp3) is 0.933. The lowest BCUT2D eigenvalue weighted by molar-refractivity contribution is 0.230. The first-order valence-electron chi connectivity index (χ1n) is 7.97. The second-order valence-corrected chi connectivity index (χ2v) is 6.40. The van der Waals surface area contributed by atoms with Gasteiger partial charge in [-0.3, -0.25) is 10.2 Å². The van der Waals surface area contributed by atoms with E-state index in [1.165, 1.54) is 58.3 Å². The highest BCUT2D eigenvalue weighted by Gasteiger charge is 2.30. The van der Waals surface area contributed by atoms with E-state index in [0.29, 0.717) is 6.04 Å². The van der Waals surface area contributed by atoms with Gasteiger partial charge in [0.1, 0.15) is 0 Å². The number of nitrogens with zero attached hydrogens (tertiary/aromatic N) is 3. The minimum absolute atomic E-state index is 0.0679. The molecule has 1 saturated carbocycles. The third-order valence-corrected chi connectivity index (χ3v) is 4.81. The van der Waals surface area contributed by atoms with Crippen LogP contribution >= 0.6 is 0 Å². The number of nitriles is 1. The van der Waals surface area contributed by atoms with Crippen molar-refractivity contribution in [3.63, 3.8) is 0 Å². The fourth-order valence-electron chi connectivity index (χ4n) is 3.45. The van der Waals surface area contributed by atoms with Crippen molar-refractivity contribution in [3.8, 4) is 6.07 Å². The molecule has 1 aliphatic carbocycles. The minimum atomic E-state index is 0.0679. The minimum Gasteiger partial charge on any atom is -0.302 e. The third kappa shape index (κ3) is 3.68. The maximum atomic E-state index is 9.16. The van der Waals surface area contributed by atoms with Crippen LogP contribution in [0.2, 0.25) is 0 Å². The maximum Gasteiger partial charge on any atom is 0.0967 e. The normalized spacial score (nSPS) is 30.6. The summed E-state index contributed by atoms with van der Waals surface area (Å²) in [6.45, 7) is 6.15. The van der Waals surface area contributed by atoms with Gasteiger partial charge in [-0.1, -0.05) is 0 Å². The molecular weight excluding hydrogens is 236 g/mol. The second kappa shape index (κ2) is 6.21. The maximum absolute atomic E-state index is 9.16. The van der Waals surface area contributed by atoms with Crippen LogP contribution in [0.3, 0.4) is 0 Å². The van der Waals surface area contributed by atoms with E-state index in [9.17, 15) is 0 Å². The van der Waals surface area contributed by atoms with Crippen LogP contribution in [0.1, 0.15) is 38.5 Å². The molecule has 2 heterocycles. The van der Waals surface area contributed by atoms with E-state index in [1.807, 2.05) is 0 Å². The van der Waals surface area contributed by atoms with Crippen molar-refractivity contribution in [1.82, 2.24) is 15.1 Å². The molecule has 19 heavy (non-hydrogen) atoms. The van der Waals surface area contributed by atoms with Crippen LogP contribution < -0.4 is 5.32 Å². The zero-order valence-corrected chi connectivity index (χ0v) is 11.9. The molecule has 3 fully saturated rings. The molecule has 2 atom stereocenters. The first-order valence-corrected chi connectivity index (χ1v) is 7.97. The van der Waals surface area contributed by atoms with Crippen molar-refractivity contribution >= 4 is 0 Å². The van der Waals surface area contributed by atoms with E-state index in [0.717, 1.165) is 19.0 Å². The fourth-order valence-corrected chi connectivity index (χ4v) is 3.45. The number of hydrogen-bond acceptors (Lipinski definition) is 4. The van der Waals surface area contributed by atoms with Crippen LogP contribution in [0.4, 0.5) is 0 Å². The van der Waals surface area contributed by atoms with Crippen molar-refractivity contribution in [2.24, 2.45) is 0 Å². The molecule has 2 saturated heterocycles. The van der Waals surface area contributed by atoms with Crippen molar-refractivity contribution in [3.05, 3.63) is 0 Å². The molecule has 0 aromatic carbocycles. The molecule has 0 bridgehead atoms. The zero-order valence-electron chi connectivity index (χ0n) is 11.9. The molecule has 4 nitrogen and oxygen atoms in total. The van der Waals surface area contributed by atoms with Crippen molar-refractivity contribution < 1.29 is 0 Å². The van der Waals surface area contributed by atoms with Crippen molar-refractivity contribution in [1.29, 1.82) is 5.26 Å². The van der Waals surface area contributed by atoms with Gasteiger partial charge in [-0.15, -0.1) is 0 Å². The topological polar surface area (TPSA) is 42.3 Å². The number of hydrogen-bond donors (Lipinski definition) is 1. The van der Waals surface area contributed by atoms with Crippen LogP contribution in [0.5, 0.6) is 0 Å². The van der Waals surface area contributed by atoms with Gasteiger partial charge in [-0.05, 0) is 58.2 Å². The molecule has 4 heteroatoms. The summed E-state index contributed by atoms with van der Waals surface area (Å²) in [5.74, 6) is 0. The van der Waals surface area contributed by atoms with Gasteiger partial charge < -0.3 is 4.90 Å². The van der Waals surface area contributed by atoms with E-state index in [2.05, 4.69) is 21.2 Å². The lowest BCUT2D eigenvalue weighted by atomic mass is 10.2. The Balaban J connectivity index is 1.37. The Bertz CT molecular complexity index is 328. The van der Waals surface area contributed by atoms with E-state index in [1.54, 1.807) is 0 Å². The molecule has 2 unspecified atom stereocenters.